The first-order valence-corrected chi connectivity index (χ1v) is 9.55. The van der Waals surface area contributed by atoms with Gasteiger partial charge in [0.2, 0.25) is 0 Å². The first-order chi connectivity index (χ1) is 9.75. The summed E-state index contributed by atoms with van der Waals surface area (Å²) in [6.45, 7) is 9.71. The molecule has 1 aromatic rings. The van der Waals surface area contributed by atoms with E-state index in [1.54, 1.807) is 10.4 Å². The minimum atomic E-state index is -3.34. The second-order valence-electron chi connectivity index (χ2n) is 6.32. The number of nitrogens with zero attached hydrogens (tertiary/aromatic N) is 2. The zero-order valence-electron chi connectivity index (χ0n) is 13.0. The Morgan fingerprint density at radius 1 is 1.19 bits per heavy atom. The van der Waals surface area contributed by atoms with Crippen LogP contribution in [-0.2, 0) is 16.4 Å². The minimum Gasteiger partial charge on any atom is -0.330 e. The van der Waals surface area contributed by atoms with Crippen molar-refractivity contribution < 1.29 is 8.42 Å². The van der Waals surface area contributed by atoms with E-state index in [1.807, 2.05) is 6.07 Å². The third-order valence-corrected chi connectivity index (χ3v) is 7.32. The van der Waals surface area contributed by atoms with Gasteiger partial charge in [0.05, 0.1) is 0 Å². The Kier molecular flexibility index (Phi) is 5.10. The van der Waals surface area contributed by atoms with E-state index in [0.717, 1.165) is 24.4 Å². The van der Waals surface area contributed by atoms with Crippen LogP contribution in [0.4, 0.5) is 0 Å². The molecular weight excluding hydrogens is 306 g/mol. The molecule has 0 spiro atoms. The second-order valence-corrected chi connectivity index (χ2v) is 9.65. The molecular formula is C14H25N3O2S2. The van der Waals surface area contributed by atoms with Crippen LogP contribution in [0.3, 0.4) is 0 Å². The van der Waals surface area contributed by atoms with Crippen molar-refractivity contribution in [1.82, 2.24) is 9.21 Å². The monoisotopic (exact) mass is 331 g/mol. The van der Waals surface area contributed by atoms with Crippen LogP contribution in [0.5, 0.6) is 0 Å². The Bertz CT molecular complexity index is 567. The summed E-state index contributed by atoms with van der Waals surface area (Å²) in [7, 11) is -3.34. The molecule has 120 valence electrons. The summed E-state index contributed by atoms with van der Waals surface area (Å²) < 4.78 is 27.3. The molecule has 0 saturated carbocycles. The molecule has 0 bridgehead atoms. The van der Waals surface area contributed by atoms with Crippen LogP contribution in [-0.4, -0.2) is 55.9 Å². The van der Waals surface area contributed by atoms with Crippen molar-refractivity contribution in [2.45, 2.75) is 36.9 Å². The van der Waals surface area contributed by atoms with Crippen LogP contribution < -0.4 is 5.73 Å². The van der Waals surface area contributed by atoms with Gasteiger partial charge in [0.1, 0.15) is 4.21 Å². The molecule has 1 aromatic heterocycles. The summed E-state index contributed by atoms with van der Waals surface area (Å²) in [5.74, 6) is 0. The van der Waals surface area contributed by atoms with Crippen LogP contribution in [0.1, 0.15) is 25.6 Å². The van der Waals surface area contributed by atoms with Gasteiger partial charge in [-0.25, -0.2) is 8.42 Å². The third-order valence-electron chi connectivity index (χ3n) is 3.81. The molecule has 1 aliphatic heterocycles. The molecule has 2 N–H and O–H groups in total. The second kappa shape index (κ2) is 6.34. The Morgan fingerprint density at radius 2 is 1.81 bits per heavy atom. The lowest BCUT2D eigenvalue weighted by Crippen LogP contribution is -2.54. The maximum absolute atomic E-state index is 12.6. The molecule has 1 aliphatic rings. The Balaban J connectivity index is 2.07. The predicted octanol–water partition coefficient (Wildman–Crippen LogP) is 1.35. The number of hydrogen-bond acceptors (Lipinski definition) is 5. The molecule has 0 aliphatic carbocycles. The van der Waals surface area contributed by atoms with E-state index in [4.69, 9.17) is 5.73 Å². The lowest BCUT2D eigenvalue weighted by Gasteiger charge is -2.41. The highest BCUT2D eigenvalue weighted by molar-refractivity contribution is 7.91. The molecule has 2 heterocycles. The normalized spacial score (nSPS) is 19.0. The molecule has 1 saturated heterocycles. The smallest absolute Gasteiger partial charge is 0.252 e. The third kappa shape index (κ3) is 3.84. The highest BCUT2D eigenvalue weighted by Crippen LogP contribution is 2.27. The van der Waals surface area contributed by atoms with Crippen LogP contribution in [0.25, 0.3) is 0 Å². The van der Waals surface area contributed by atoms with E-state index in [2.05, 4.69) is 25.7 Å². The van der Waals surface area contributed by atoms with Gasteiger partial charge in [-0.1, -0.05) is 0 Å². The zero-order chi connectivity index (χ0) is 15.7. The summed E-state index contributed by atoms with van der Waals surface area (Å²) in [5, 5.41) is 0. The van der Waals surface area contributed by atoms with Crippen molar-refractivity contribution in [2.75, 3.05) is 32.7 Å². The van der Waals surface area contributed by atoms with Gasteiger partial charge in [-0.2, -0.15) is 4.31 Å². The van der Waals surface area contributed by atoms with Gasteiger partial charge in [-0.05, 0) is 45.9 Å². The molecule has 7 heteroatoms. The molecule has 21 heavy (non-hydrogen) atoms. The fourth-order valence-electron chi connectivity index (χ4n) is 2.50. The highest BCUT2D eigenvalue weighted by Gasteiger charge is 2.32. The standard InChI is InChI=1S/C14H25N3O2S2/c1-14(2,3)16-8-10-17(11-9-16)21(18,19)13-5-4-12(20-13)6-7-15/h4-5H,6-11,15H2,1-3H3. The van der Waals surface area contributed by atoms with Crippen LogP contribution in [0, 0.1) is 0 Å². The number of thiophene rings is 1. The van der Waals surface area contributed by atoms with E-state index in [1.165, 1.54) is 11.3 Å². The number of rotatable bonds is 4. The summed E-state index contributed by atoms with van der Waals surface area (Å²) >= 11 is 1.34. The van der Waals surface area contributed by atoms with Crippen molar-refractivity contribution in [3.05, 3.63) is 17.0 Å². The van der Waals surface area contributed by atoms with E-state index in [-0.39, 0.29) is 5.54 Å². The van der Waals surface area contributed by atoms with Gasteiger partial charge >= 0.3 is 0 Å². The van der Waals surface area contributed by atoms with Gasteiger partial charge in [-0.3, -0.25) is 4.90 Å². The molecule has 2 rings (SSSR count). The van der Waals surface area contributed by atoms with E-state index in [0.29, 0.717) is 23.8 Å². The topological polar surface area (TPSA) is 66.6 Å². The lowest BCUT2D eigenvalue weighted by molar-refractivity contribution is 0.0922. The molecule has 5 nitrogen and oxygen atoms in total. The molecule has 0 atom stereocenters. The maximum atomic E-state index is 12.6. The zero-order valence-corrected chi connectivity index (χ0v) is 14.6. The van der Waals surface area contributed by atoms with Crippen molar-refractivity contribution in [2.24, 2.45) is 5.73 Å². The Labute approximate surface area is 131 Å². The summed E-state index contributed by atoms with van der Waals surface area (Å²) in [5.41, 5.74) is 5.61. The number of hydrogen-bond donors (Lipinski definition) is 1. The fraction of sp³-hybridized carbons (Fsp3) is 0.714. The molecule has 0 aromatic carbocycles. The maximum Gasteiger partial charge on any atom is 0.252 e. The number of piperazine rings is 1. The summed E-state index contributed by atoms with van der Waals surface area (Å²) in [6.07, 6.45) is 0.734. The van der Waals surface area contributed by atoms with Crippen LogP contribution >= 0.6 is 11.3 Å². The van der Waals surface area contributed by atoms with Crippen LogP contribution in [0.15, 0.2) is 16.3 Å². The predicted molar refractivity (Wildman–Crippen MR) is 87.2 cm³/mol. The Morgan fingerprint density at radius 3 is 2.33 bits per heavy atom. The largest absolute Gasteiger partial charge is 0.330 e. The van der Waals surface area contributed by atoms with Gasteiger partial charge in [0.15, 0.2) is 0 Å². The van der Waals surface area contributed by atoms with E-state index in [9.17, 15) is 8.42 Å². The first-order valence-electron chi connectivity index (χ1n) is 7.29. The molecule has 0 unspecified atom stereocenters. The summed E-state index contributed by atoms with van der Waals surface area (Å²) in [6, 6.07) is 3.58. The van der Waals surface area contributed by atoms with Gasteiger partial charge < -0.3 is 5.73 Å². The van der Waals surface area contributed by atoms with Gasteiger partial charge in [0.25, 0.3) is 10.0 Å². The van der Waals surface area contributed by atoms with E-state index >= 15 is 0 Å². The van der Waals surface area contributed by atoms with Crippen molar-refractivity contribution in [3.63, 3.8) is 0 Å². The van der Waals surface area contributed by atoms with Gasteiger partial charge in [-0.15, -0.1) is 11.3 Å². The number of nitrogens with two attached hydrogens (primary N) is 1. The average molecular weight is 332 g/mol. The molecule has 0 amide bonds. The fourth-order valence-corrected chi connectivity index (χ4v) is 5.45. The quantitative estimate of drug-likeness (QED) is 0.904. The van der Waals surface area contributed by atoms with Crippen molar-refractivity contribution >= 4 is 21.4 Å². The van der Waals surface area contributed by atoms with E-state index < -0.39 is 10.0 Å². The summed E-state index contributed by atoms with van der Waals surface area (Å²) in [4.78, 5) is 3.36. The SMILES string of the molecule is CC(C)(C)N1CCN(S(=O)(=O)c2ccc(CCN)s2)CC1. The average Bonchev–Trinajstić information content (AvgIpc) is 2.88. The van der Waals surface area contributed by atoms with Crippen molar-refractivity contribution in [3.8, 4) is 0 Å². The number of sulfonamides is 1. The Hall–Kier alpha value is -0.470. The molecule has 0 radical (unpaired) electrons. The highest BCUT2D eigenvalue weighted by atomic mass is 32.2. The van der Waals surface area contributed by atoms with Crippen LogP contribution in [0.2, 0.25) is 0 Å². The van der Waals surface area contributed by atoms with Gasteiger partial charge in [0, 0.05) is 36.6 Å². The first kappa shape index (κ1) is 16.9. The minimum absolute atomic E-state index is 0.0904. The van der Waals surface area contributed by atoms with Crippen molar-refractivity contribution in [1.29, 1.82) is 0 Å². The molecule has 1 fully saturated rings. The lowest BCUT2D eigenvalue weighted by atomic mass is 10.1.